The summed E-state index contributed by atoms with van der Waals surface area (Å²) in [5.41, 5.74) is 4.40. The molecule has 4 rings (SSSR count). The Morgan fingerprint density at radius 3 is 2.65 bits per heavy atom. The van der Waals surface area contributed by atoms with Gasteiger partial charge in [0, 0.05) is 31.1 Å². The normalized spacial score (nSPS) is 17.4. The van der Waals surface area contributed by atoms with Gasteiger partial charge >= 0.3 is 0 Å². The van der Waals surface area contributed by atoms with Crippen molar-refractivity contribution in [3.8, 4) is 0 Å². The second-order valence-electron chi connectivity index (χ2n) is 7.20. The van der Waals surface area contributed by atoms with Crippen molar-refractivity contribution < 1.29 is 4.79 Å². The predicted molar refractivity (Wildman–Crippen MR) is 106 cm³/mol. The molecule has 0 spiro atoms. The van der Waals surface area contributed by atoms with E-state index in [0.717, 1.165) is 36.4 Å². The molecule has 1 unspecified atom stereocenters. The summed E-state index contributed by atoms with van der Waals surface area (Å²) >= 11 is 0. The zero-order valence-corrected chi connectivity index (χ0v) is 15.5. The van der Waals surface area contributed by atoms with E-state index in [0.29, 0.717) is 13.0 Å². The van der Waals surface area contributed by atoms with Crippen molar-refractivity contribution in [3.05, 3.63) is 59.9 Å². The van der Waals surface area contributed by atoms with Gasteiger partial charge in [0.15, 0.2) is 0 Å². The van der Waals surface area contributed by atoms with E-state index in [9.17, 15) is 4.79 Å². The molecule has 2 heterocycles. The van der Waals surface area contributed by atoms with Crippen molar-refractivity contribution in [1.29, 1.82) is 0 Å². The molecule has 0 N–H and O–H groups in total. The Bertz CT molecular complexity index is 926. The van der Waals surface area contributed by atoms with Gasteiger partial charge in [-0.25, -0.2) is 4.98 Å². The zero-order chi connectivity index (χ0) is 18.1. The second kappa shape index (κ2) is 6.94. The van der Waals surface area contributed by atoms with Crippen LogP contribution in [0.4, 0.5) is 5.69 Å². The third kappa shape index (κ3) is 3.00. The first-order valence-electron chi connectivity index (χ1n) is 9.49. The van der Waals surface area contributed by atoms with Crippen LogP contribution in [0.25, 0.3) is 11.0 Å². The maximum absolute atomic E-state index is 12.7. The average Bonchev–Trinajstić information content (AvgIpc) is 3.21. The highest BCUT2D eigenvalue weighted by atomic mass is 16.2. The van der Waals surface area contributed by atoms with Crippen molar-refractivity contribution in [2.45, 2.75) is 45.6 Å². The first kappa shape index (κ1) is 16.8. The van der Waals surface area contributed by atoms with Gasteiger partial charge in [-0.15, -0.1) is 0 Å². The van der Waals surface area contributed by atoms with Gasteiger partial charge in [-0.3, -0.25) is 4.79 Å². The smallest absolute Gasteiger partial charge is 0.227 e. The molecule has 0 aliphatic carbocycles. The summed E-state index contributed by atoms with van der Waals surface area (Å²) in [6.07, 6.45) is 2.80. The maximum Gasteiger partial charge on any atom is 0.227 e. The summed E-state index contributed by atoms with van der Waals surface area (Å²) in [4.78, 5) is 19.5. The molecule has 0 bridgehead atoms. The van der Waals surface area contributed by atoms with Crippen LogP contribution in [-0.2, 0) is 11.3 Å². The second-order valence-corrected chi connectivity index (χ2v) is 7.20. The molecule has 3 aromatic rings. The van der Waals surface area contributed by atoms with Crippen LogP contribution in [0.1, 0.15) is 43.5 Å². The van der Waals surface area contributed by atoms with E-state index in [1.54, 1.807) is 0 Å². The maximum atomic E-state index is 12.7. The van der Waals surface area contributed by atoms with Crippen LogP contribution in [0.15, 0.2) is 48.5 Å². The number of benzene rings is 2. The Balaban J connectivity index is 1.67. The van der Waals surface area contributed by atoms with Gasteiger partial charge in [0.1, 0.15) is 5.82 Å². The average molecular weight is 347 g/mol. The number of hydrogen-bond donors (Lipinski definition) is 0. The van der Waals surface area contributed by atoms with Crippen LogP contribution >= 0.6 is 0 Å². The molecule has 2 aromatic carbocycles. The number of aromatic nitrogens is 2. The Kier molecular flexibility index (Phi) is 4.49. The van der Waals surface area contributed by atoms with Gasteiger partial charge in [0.05, 0.1) is 11.0 Å². The number of fused-ring (bicyclic) bond motifs is 1. The fraction of sp³-hybridized carbons (Fsp3) is 0.364. The number of imidazole rings is 1. The number of amides is 1. The number of aryl methyl sites for hydroxylation is 2. The van der Waals surface area contributed by atoms with Crippen molar-refractivity contribution >= 4 is 22.6 Å². The monoisotopic (exact) mass is 347 g/mol. The van der Waals surface area contributed by atoms with E-state index in [1.807, 2.05) is 23.1 Å². The highest BCUT2D eigenvalue weighted by Crippen LogP contribution is 2.33. The molecule has 1 amide bonds. The molecule has 26 heavy (non-hydrogen) atoms. The van der Waals surface area contributed by atoms with Gasteiger partial charge in [0.2, 0.25) is 5.91 Å². The fourth-order valence-electron chi connectivity index (χ4n) is 3.81. The highest BCUT2D eigenvalue weighted by molar-refractivity contribution is 5.96. The summed E-state index contributed by atoms with van der Waals surface area (Å²) in [5, 5.41) is 0. The lowest BCUT2D eigenvalue weighted by molar-refractivity contribution is -0.117. The molecule has 1 atom stereocenters. The number of hydrogen-bond acceptors (Lipinski definition) is 2. The van der Waals surface area contributed by atoms with Crippen molar-refractivity contribution in [2.75, 3.05) is 11.4 Å². The van der Waals surface area contributed by atoms with Crippen LogP contribution in [-0.4, -0.2) is 22.0 Å². The standard InChI is InChI=1S/C22H25N3O/c1-3-4-13-24-20-8-6-5-7-19(20)23-22(24)17-14-21(26)25(15-17)18-11-9-16(2)10-12-18/h5-12,17H,3-4,13-15H2,1-2H3. The molecule has 1 aliphatic rings. The van der Waals surface area contributed by atoms with Crippen molar-refractivity contribution in [2.24, 2.45) is 0 Å². The lowest BCUT2D eigenvalue weighted by atomic mass is 10.1. The summed E-state index contributed by atoms with van der Waals surface area (Å²) in [6.45, 7) is 5.93. The van der Waals surface area contributed by atoms with E-state index < -0.39 is 0 Å². The van der Waals surface area contributed by atoms with E-state index in [1.165, 1.54) is 11.1 Å². The number of carbonyl (C=O) groups is 1. The molecule has 1 aromatic heterocycles. The van der Waals surface area contributed by atoms with Crippen molar-refractivity contribution in [1.82, 2.24) is 9.55 Å². The lowest BCUT2D eigenvalue weighted by Crippen LogP contribution is -2.24. The zero-order valence-electron chi connectivity index (χ0n) is 15.5. The van der Waals surface area contributed by atoms with Gasteiger partial charge < -0.3 is 9.47 Å². The topological polar surface area (TPSA) is 38.1 Å². The van der Waals surface area contributed by atoms with Crippen molar-refractivity contribution in [3.63, 3.8) is 0 Å². The summed E-state index contributed by atoms with van der Waals surface area (Å²) in [6, 6.07) is 16.5. The van der Waals surface area contributed by atoms with E-state index in [-0.39, 0.29) is 11.8 Å². The largest absolute Gasteiger partial charge is 0.328 e. The molecule has 1 aliphatic heterocycles. The quantitative estimate of drug-likeness (QED) is 0.673. The van der Waals surface area contributed by atoms with Gasteiger partial charge in [0.25, 0.3) is 0 Å². The van der Waals surface area contributed by atoms with Gasteiger partial charge in [-0.1, -0.05) is 43.2 Å². The number of unbranched alkanes of at least 4 members (excludes halogenated alkanes) is 1. The van der Waals surface area contributed by atoms with Crippen LogP contribution in [0.2, 0.25) is 0 Å². The molecule has 1 fully saturated rings. The van der Waals surface area contributed by atoms with Crippen LogP contribution in [0, 0.1) is 6.92 Å². The summed E-state index contributed by atoms with van der Waals surface area (Å²) < 4.78 is 2.33. The minimum absolute atomic E-state index is 0.146. The summed E-state index contributed by atoms with van der Waals surface area (Å²) in [5.74, 6) is 1.39. The Labute approximate surface area is 154 Å². The predicted octanol–water partition coefficient (Wildman–Crippen LogP) is 4.67. The first-order valence-corrected chi connectivity index (χ1v) is 9.49. The Hall–Kier alpha value is -2.62. The number of rotatable bonds is 5. The van der Waals surface area contributed by atoms with Gasteiger partial charge in [-0.2, -0.15) is 0 Å². The SMILES string of the molecule is CCCCn1c(C2CC(=O)N(c3ccc(C)cc3)C2)nc2ccccc21. The fourth-order valence-corrected chi connectivity index (χ4v) is 3.81. The van der Waals surface area contributed by atoms with E-state index >= 15 is 0 Å². The molecular weight excluding hydrogens is 322 g/mol. The molecule has 0 saturated carbocycles. The molecule has 0 radical (unpaired) electrons. The highest BCUT2D eigenvalue weighted by Gasteiger charge is 2.34. The number of nitrogens with zero attached hydrogens (tertiary/aromatic N) is 3. The Morgan fingerprint density at radius 2 is 1.88 bits per heavy atom. The van der Waals surface area contributed by atoms with Crippen LogP contribution in [0.3, 0.4) is 0 Å². The van der Waals surface area contributed by atoms with Gasteiger partial charge in [-0.05, 0) is 37.6 Å². The molecule has 4 nitrogen and oxygen atoms in total. The van der Waals surface area contributed by atoms with Crippen LogP contribution < -0.4 is 4.90 Å². The minimum Gasteiger partial charge on any atom is -0.328 e. The van der Waals surface area contributed by atoms with Crippen LogP contribution in [0.5, 0.6) is 0 Å². The number of para-hydroxylation sites is 2. The number of carbonyl (C=O) groups excluding carboxylic acids is 1. The third-order valence-electron chi connectivity index (χ3n) is 5.26. The number of anilines is 1. The lowest BCUT2D eigenvalue weighted by Gasteiger charge is -2.17. The molecule has 4 heteroatoms. The summed E-state index contributed by atoms with van der Waals surface area (Å²) in [7, 11) is 0. The third-order valence-corrected chi connectivity index (χ3v) is 5.26. The van der Waals surface area contributed by atoms with E-state index in [2.05, 4.69) is 48.7 Å². The van der Waals surface area contributed by atoms with E-state index in [4.69, 9.17) is 4.98 Å². The Morgan fingerprint density at radius 1 is 1.12 bits per heavy atom. The molecular formula is C22H25N3O. The first-order chi connectivity index (χ1) is 12.7. The minimum atomic E-state index is 0.146. The molecule has 1 saturated heterocycles. The molecule has 134 valence electrons.